The highest BCUT2D eigenvalue weighted by atomic mass is 35.5. The van der Waals surface area contributed by atoms with E-state index >= 15 is 0 Å². The van der Waals surface area contributed by atoms with E-state index in [4.69, 9.17) is 21.1 Å². The molecule has 0 aliphatic heterocycles. The average molecular weight is 293 g/mol. The summed E-state index contributed by atoms with van der Waals surface area (Å²) in [5.74, 6) is 1.06. The Hall–Kier alpha value is -1.71. The van der Waals surface area contributed by atoms with Crippen LogP contribution < -0.4 is 9.47 Å². The van der Waals surface area contributed by atoms with Crippen molar-refractivity contribution in [2.75, 3.05) is 6.61 Å². The molecular weight excluding hydrogens is 276 g/mol. The fourth-order valence-corrected chi connectivity index (χ4v) is 2.13. The number of benzene rings is 2. The van der Waals surface area contributed by atoms with Crippen LogP contribution in [-0.4, -0.2) is 11.7 Å². The third-order valence-electron chi connectivity index (χ3n) is 2.78. The first-order valence-corrected chi connectivity index (χ1v) is 6.85. The first-order chi connectivity index (χ1) is 9.74. The lowest BCUT2D eigenvalue weighted by Crippen LogP contribution is -2.01. The molecular formula is C16H17ClO3. The quantitative estimate of drug-likeness (QED) is 0.880. The molecule has 0 aliphatic rings. The minimum Gasteiger partial charge on any atom is -0.490 e. The molecule has 0 bridgehead atoms. The van der Waals surface area contributed by atoms with Crippen LogP contribution in [0.25, 0.3) is 0 Å². The number of aliphatic hydroxyl groups excluding tert-OH is 1. The molecule has 4 heteroatoms. The molecule has 0 unspecified atom stereocenters. The van der Waals surface area contributed by atoms with Crippen LogP contribution in [0.3, 0.4) is 0 Å². The molecule has 106 valence electrons. The lowest BCUT2D eigenvalue weighted by atomic mass is 10.2. The first kappa shape index (κ1) is 14.7. The molecule has 0 heterocycles. The Labute approximate surface area is 123 Å². The molecule has 2 rings (SSSR count). The molecule has 0 radical (unpaired) electrons. The van der Waals surface area contributed by atoms with Crippen molar-refractivity contribution >= 4 is 11.6 Å². The van der Waals surface area contributed by atoms with Crippen LogP contribution >= 0.6 is 11.6 Å². The van der Waals surface area contributed by atoms with Crippen LogP contribution in [0.5, 0.6) is 11.5 Å². The van der Waals surface area contributed by atoms with E-state index in [1.165, 1.54) is 0 Å². The fraction of sp³-hybridized carbons (Fsp3) is 0.250. The van der Waals surface area contributed by atoms with E-state index in [1.54, 1.807) is 12.1 Å². The molecule has 2 aromatic rings. The molecule has 2 aromatic carbocycles. The van der Waals surface area contributed by atoms with Gasteiger partial charge in [0.05, 0.1) is 18.2 Å². The molecule has 1 N–H and O–H groups in total. The second-order valence-corrected chi connectivity index (χ2v) is 4.68. The fourth-order valence-electron chi connectivity index (χ4n) is 1.85. The van der Waals surface area contributed by atoms with Crippen LogP contribution in [-0.2, 0) is 13.2 Å². The van der Waals surface area contributed by atoms with Gasteiger partial charge in [-0.05, 0) is 30.2 Å². The summed E-state index contributed by atoms with van der Waals surface area (Å²) in [4.78, 5) is 0. The molecule has 0 atom stereocenters. The van der Waals surface area contributed by atoms with Gasteiger partial charge in [-0.1, -0.05) is 41.9 Å². The largest absolute Gasteiger partial charge is 0.490 e. The first-order valence-electron chi connectivity index (χ1n) is 6.47. The van der Waals surface area contributed by atoms with Gasteiger partial charge in [0, 0.05) is 0 Å². The highest BCUT2D eigenvalue weighted by Gasteiger charge is 2.12. The van der Waals surface area contributed by atoms with Gasteiger partial charge < -0.3 is 14.6 Å². The Morgan fingerprint density at radius 1 is 1.05 bits per heavy atom. The number of halogens is 1. The summed E-state index contributed by atoms with van der Waals surface area (Å²) < 4.78 is 11.3. The van der Waals surface area contributed by atoms with Crippen molar-refractivity contribution in [3.8, 4) is 11.5 Å². The van der Waals surface area contributed by atoms with E-state index in [2.05, 4.69) is 0 Å². The van der Waals surface area contributed by atoms with Crippen LogP contribution in [0.4, 0.5) is 0 Å². The zero-order valence-electron chi connectivity index (χ0n) is 11.3. The van der Waals surface area contributed by atoms with Gasteiger partial charge in [-0.25, -0.2) is 0 Å². The van der Waals surface area contributed by atoms with Crippen molar-refractivity contribution in [1.82, 2.24) is 0 Å². The predicted molar refractivity (Wildman–Crippen MR) is 79.3 cm³/mol. The van der Waals surface area contributed by atoms with Crippen molar-refractivity contribution in [1.29, 1.82) is 0 Å². The van der Waals surface area contributed by atoms with Crippen LogP contribution in [0, 0.1) is 0 Å². The third kappa shape index (κ3) is 3.65. The zero-order chi connectivity index (χ0) is 14.4. The van der Waals surface area contributed by atoms with E-state index in [0.717, 1.165) is 5.56 Å². The number of ether oxygens (including phenoxy) is 2. The summed E-state index contributed by atoms with van der Waals surface area (Å²) >= 11 is 6.20. The van der Waals surface area contributed by atoms with Gasteiger partial charge in [0.1, 0.15) is 6.61 Å². The van der Waals surface area contributed by atoms with E-state index < -0.39 is 0 Å². The summed E-state index contributed by atoms with van der Waals surface area (Å²) in [7, 11) is 0. The monoisotopic (exact) mass is 292 g/mol. The summed E-state index contributed by atoms with van der Waals surface area (Å²) in [6.07, 6.45) is 0. The van der Waals surface area contributed by atoms with Crippen LogP contribution in [0.2, 0.25) is 5.02 Å². The van der Waals surface area contributed by atoms with Crippen LogP contribution in [0.15, 0.2) is 42.5 Å². The van der Waals surface area contributed by atoms with E-state index in [0.29, 0.717) is 35.3 Å². The van der Waals surface area contributed by atoms with Gasteiger partial charge in [0.25, 0.3) is 0 Å². The lowest BCUT2D eigenvalue weighted by Gasteiger charge is -2.14. The second-order valence-electron chi connectivity index (χ2n) is 4.27. The lowest BCUT2D eigenvalue weighted by molar-refractivity contribution is 0.264. The SMILES string of the molecule is CCOc1cc(CO)cc(Cl)c1OCc1ccccc1. The van der Waals surface area contributed by atoms with E-state index in [1.807, 2.05) is 37.3 Å². The number of aliphatic hydroxyl groups is 1. The molecule has 0 fully saturated rings. The zero-order valence-corrected chi connectivity index (χ0v) is 12.1. The van der Waals surface area contributed by atoms with E-state index in [-0.39, 0.29) is 6.61 Å². The Kier molecular flexibility index (Phi) is 5.27. The van der Waals surface area contributed by atoms with Gasteiger partial charge in [0.15, 0.2) is 11.5 Å². The van der Waals surface area contributed by atoms with Crippen LogP contribution in [0.1, 0.15) is 18.1 Å². The summed E-state index contributed by atoms with van der Waals surface area (Å²) in [5, 5.41) is 9.64. The third-order valence-corrected chi connectivity index (χ3v) is 3.06. The molecule has 3 nitrogen and oxygen atoms in total. The Morgan fingerprint density at radius 3 is 2.45 bits per heavy atom. The number of rotatable bonds is 6. The molecule has 0 aromatic heterocycles. The molecule has 0 saturated carbocycles. The normalized spacial score (nSPS) is 10.3. The molecule has 0 amide bonds. The summed E-state index contributed by atoms with van der Waals surface area (Å²) in [5.41, 5.74) is 1.75. The van der Waals surface area contributed by atoms with Crippen molar-refractivity contribution in [3.05, 3.63) is 58.6 Å². The summed E-state index contributed by atoms with van der Waals surface area (Å²) in [6, 6.07) is 13.3. The van der Waals surface area contributed by atoms with Crippen molar-refractivity contribution < 1.29 is 14.6 Å². The minimum atomic E-state index is -0.0846. The molecule has 0 aliphatic carbocycles. The second kappa shape index (κ2) is 7.17. The van der Waals surface area contributed by atoms with Gasteiger partial charge in [0.2, 0.25) is 0 Å². The Balaban J connectivity index is 2.21. The van der Waals surface area contributed by atoms with Gasteiger partial charge in [-0.3, -0.25) is 0 Å². The van der Waals surface area contributed by atoms with Crippen molar-refractivity contribution in [2.45, 2.75) is 20.1 Å². The number of hydrogen-bond acceptors (Lipinski definition) is 3. The Bertz CT molecular complexity index is 555. The van der Waals surface area contributed by atoms with Gasteiger partial charge in [-0.15, -0.1) is 0 Å². The van der Waals surface area contributed by atoms with E-state index in [9.17, 15) is 5.11 Å². The van der Waals surface area contributed by atoms with Gasteiger partial charge >= 0.3 is 0 Å². The highest BCUT2D eigenvalue weighted by Crippen LogP contribution is 2.37. The molecule has 0 spiro atoms. The maximum atomic E-state index is 9.20. The average Bonchev–Trinajstić information content (AvgIpc) is 2.47. The van der Waals surface area contributed by atoms with Gasteiger partial charge in [-0.2, -0.15) is 0 Å². The smallest absolute Gasteiger partial charge is 0.180 e. The maximum Gasteiger partial charge on any atom is 0.180 e. The number of hydrogen-bond donors (Lipinski definition) is 1. The topological polar surface area (TPSA) is 38.7 Å². The van der Waals surface area contributed by atoms with Crippen molar-refractivity contribution in [2.24, 2.45) is 0 Å². The minimum absolute atomic E-state index is 0.0846. The standard InChI is InChI=1S/C16H17ClO3/c1-2-19-15-9-13(10-18)8-14(17)16(15)20-11-12-6-4-3-5-7-12/h3-9,18H,2,10-11H2,1H3. The van der Waals surface area contributed by atoms with Crippen molar-refractivity contribution in [3.63, 3.8) is 0 Å². The molecule has 0 saturated heterocycles. The predicted octanol–water partition coefficient (Wildman–Crippen LogP) is 3.81. The summed E-state index contributed by atoms with van der Waals surface area (Å²) in [6.45, 7) is 2.73. The highest BCUT2D eigenvalue weighted by molar-refractivity contribution is 6.32. The molecule has 20 heavy (non-hydrogen) atoms. The maximum absolute atomic E-state index is 9.20. The Morgan fingerprint density at radius 2 is 1.80 bits per heavy atom.